The predicted molar refractivity (Wildman–Crippen MR) is 133 cm³/mol. The van der Waals surface area contributed by atoms with Gasteiger partial charge in [0.25, 0.3) is 0 Å². The highest BCUT2D eigenvalue weighted by Crippen LogP contribution is 2.67. The van der Waals surface area contributed by atoms with Crippen LogP contribution in [0.1, 0.15) is 30.4 Å². The molecule has 1 aliphatic rings. The summed E-state index contributed by atoms with van der Waals surface area (Å²) < 4.78 is 4.61. The SMILES string of the molecule is Brc1ccccc1C1SC(c2ccccc2Br)SC(c2ccccc2Br)S1. The van der Waals surface area contributed by atoms with Crippen LogP contribution in [0.15, 0.2) is 86.2 Å². The Hall–Kier alpha value is 0.150. The van der Waals surface area contributed by atoms with E-state index in [-0.39, 0.29) is 0 Å². The molecule has 0 aromatic heterocycles. The van der Waals surface area contributed by atoms with Crippen molar-refractivity contribution in [2.45, 2.75) is 13.7 Å². The highest BCUT2D eigenvalue weighted by atomic mass is 79.9. The molecule has 138 valence electrons. The molecule has 0 unspecified atom stereocenters. The van der Waals surface area contributed by atoms with Gasteiger partial charge in [-0.1, -0.05) is 102 Å². The van der Waals surface area contributed by atoms with Crippen LogP contribution < -0.4 is 0 Å². The van der Waals surface area contributed by atoms with E-state index in [0.717, 1.165) is 0 Å². The van der Waals surface area contributed by atoms with Crippen LogP contribution in [0, 0.1) is 0 Å². The van der Waals surface area contributed by atoms with Crippen molar-refractivity contribution in [1.82, 2.24) is 0 Å². The second-order valence-electron chi connectivity index (χ2n) is 5.97. The van der Waals surface area contributed by atoms with Crippen LogP contribution in [0.3, 0.4) is 0 Å². The van der Waals surface area contributed by atoms with Gasteiger partial charge < -0.3 is 0 Å². The molecule has 3 aromatic carbocycles. The average molecular weight is 603 g/mol. The first-order chi connectivity index (χ1) is 13.1. The summed E-state index contributed by atoms with van der Waals surface area (Å²) in [5.41, 5.74) is 4.05. The Kier molecular flexibility index (Phi) is 7.04. The number of rotatable bonds is 3. The first-order valence-electron chi connectivity index (χ1n) is 8.33. The van der Waals surface area contributed by atoms with E-state index in [1.54, 1.807) is 0 Å². The summed E-state index contributed by atoms with van der Waals surface area (Å²) in [6.45, 7) is 0. The smallest absolute Gasteiger partial charge is 0.0791 e. The fourth-order valence-corrected chi connectivity index (χ4v) is 11.5. The van der Waals surface area contributed by atoms with E-state index >= 15 is 0 Å². The van der Waals surface area contributed by atoms with Gasteiger partial charge in [0.15, 0.2) is 0 Å². The summed E-state index contributed by atoms with van der Waals surface area (Å²) in [6, 6.07) is 25.7. The topological polar surface area (TPSA) is 0 Å². The number of hydrogen-bond acceptors (Lipinski definition) is 3. The summed E-state index contributed by atoms with van der Waals surface area (Å²) in [6.07, 6.45) is 0. The second kappa shape index (κ2) is 9.31. The largest absolute Gasteiger partial charge is 0.123 e. The van der Waals surface area contributed by atoms with Gasteiger partial charge in [-0.3, -0.25) is 0 Å². The van der Waals surface area contributed by atoms with Crippen LogP contribution in [0.4, 0.5) is 0 Å². The highest BCUT2D eigenvalue weighted by Gasteiger charge is 2.35. The quantitative estimate of drug-likeness (QED) is 0.293. The molecular formula is C21H15Br3S3. The third-order valence-corrected chi connectivity index (χ3v) is 11.4. The Morgan fingerprint density at radius 2 is 0.704 bits per heavy atom. The molecule has 0 N–H and O–H groups in total. The molecular weight excluding hydrogens is 588 g/mol. The lowest BCUT2D eigenvalue weighted by molar-refractivity contribution is 1.23. The second-order valence-corrected chi connectivity index (χ2v) is 13.1. The van der Waals surface area contributed by atoms with Crippen molar-refractivity contribution < 1.29 is 0 Å². The minimum absolute atomic E-state index is 0.357. The fraction of sp³-hybridized carbons (Fsp3) is 0.143. The lowest BCUT2D eigenvalue weighted by Crippen LogP contribution is -2.07. The molecule has 1 saturated heterocycles. The van der Waals surface area contributed by atoms with Crippen LogP contribution in [0.25, 0.3) is 0 Å². The van der Waals surface area contributed by atoms with E-state index in [2.05, 4.69) is 121 Å². The molecule has 0 aliphatic carbocycles. The van der Waals surface area contributed by atoms with Crippen LogP contribution in [0.5, 0.6) is 0 Å². The van der Waals surface area contributed by atoms with Crippen molar-refractivity contribution in [3.8, 4) is 0 Å². The number of benzene rings is 3. The molecule has 0 bridgehead atoms. The van der Waals surface area contributed by atoms with E-state index in [4.69, 9.17) is 0 Å². The summed E-state index contributed by atoms with van der Waals surface area (Å²) in [5, 5.41) is 0. The van der Waals surface area contributed by atoms with E-state index in [9.17, 15) is 0 Å². The van der Waals surface area contributed by atoms with Gasteiger partial charge in [0.05, 0.1) is 13.7 Å². The maximum Gasteiger partial charge on any atom is 0.0791 e. The third kappa shape index (κ3) is 4.67. The normalized spacial score (nSPS) is 22.6. The summed E-state index contributed by atoms with van der Waals surface area (Å²) in [4.78, 5) is 0. The molecule has 0 radical (unpaired) electrons. The Balaban J connectivity index is 1.74. The number of hydrogen-bond donors (Lipinski definition) is 0. The molecule has 6 heteroatoms. The number of halogens is 3. The van der Waals surface area contributed by atoms with E-state index < -0.39 is 0 Å². The van der Waals surface area contributed by atoms with Gasteiger partial charge in [0.1, 0.15) is 0 Å². The maximum absolute atomic E-state index is 3.76. The van der Waals surface area contributed by atoms with Gasteiger partial charge >= 0.3 is 0 Å². The first-order valence-corrected chi connectivity index (χ1v) is 13.5. The molecule has 0 atom stereocenters. The molecule has 3 aromatic rings. The number of thioether (sulfide) groups is 3. The van der Waals surface area contributed by atoms with E-state index in [0.29, 0.717) is 13.7 Å². The first kappa shape index (κ1) is 20.4. The Labute approximate surface area is 198 Å². The summed E-state index contributed by atoms with van der Waals surface area (Å²) in [5.74, 6) is 0. The Bertz CT molecular complexity index is 819. The van der Waals surface area contributed by atoms with Gasteiger partial charge in [0, 0.05) is 13.4 Å². The van der Waals surface area contributed by atoms with Crippen molar-refractivity contribution in [2.24, 2.45) is 0 Å². The fourth-order valence-electron chi connectivity index (χ4n) is 2.87. The summed E-state index contributed by atoms with van der Waals surface area (Å²) >= 11 is 17.3. The highest BCUT2D eigenvalue weighted by molar-refractivity contribution is 9.11. The lowest BCUT2D eigenvalue weighted by atomic mass is 10.2. The zero-order valence-corrected chi connectivity index (χ0v) is 21.2. The van der Waals surface area contributed by atoms with E-state index in [1.165, 1.54) is 30.1 Å². The van der Waals surface area contributed by atoms with Crippen LogP contribution in [0.2, 0.25) is 0 Å². The molecule has 1 aliphatic heterocycles. The average Bonchev–Trinajstić information content (AvgIpc) is 2.69. The third-order valence-electron chi connectivity index (χ3n) is 4.22. The molecule has 1 heterocycles. The van der Waals surface area contributed by atoms with Crippen molar-refractivity contribution in [3.05, 3.63) is 103 Å². The zero-order valence-electron chi connectivity index (χ0n) is 14.0. The molecule has 0 spiro atoms. The van der Waals surface area contributed by atoms with Crippen LogP contribution >= 0.6 is 83.1 Å². The molecule has 4 rings (SSSR count). The molecule has 0 nitrogen and oxygen atoms in total. The Morgan fingerprint density at radius 3 is 0.963 bits per heavy atom. The zero-order chi connectivity index (χ0) is 18.8. The molecule has 1 fully saturated rings. The molecule has 27 heavy (non-hydrogen) atoms. The van der Waals surface area contributed by atoms with Crippen LogP contribution in [-0.4, -0.2) is 0 Å². The predicted octanol–water partition coefficient (Wildman–Crippen LogP) is 9.58. The maximum atomic E-state index is 3.76. The van der Waals surface area contributed by atoms with Gasteiger partial charge in [0.2, 0.25) is 0 Å². The lowest BCUT2D eigenvalue weighted by Gasteiger charge is -2.35. The van der Waals surface area contributed by atoms with Crippen molar-refractivity contribution >= 4 is 83.1 Å². The monoisotopic (exact) mass is 600 g/mol. The van der Waals surface area contributed by atoms with Crippen molar-refractivity contribution in [2.75, 3.05) is 0 Å². The van der Waals surface area contributed by atoms with Crippen molar-refractivity contribution in [3.63, 3.8) is 0 Å². The van der Waals surface area contributed by atoms with Crippen LogP contribution in [-0.2, 0) is 0 Å². The van der Waals surface area contributed by atoms with Crippen molar-refractivity contribution in [1.29, 1.82) is 0 Å². The molecule has 0 saturated carbocycles. The Morgan fingerprint density at radius 1 is 0.444 bits per heavy atom. The molecule has 0 amide bonds. The standard InChI is InChI=1S/C21H15Br3S3/c22-16-10-4-1-7-13(16)19-25-20(14-8-2-5-11-17(14)23)27-21(26-19)15-9-3-6-12-18(15)24/h1-12,19-21H. The van der Waals surface area contributed by atoms with E-state index in [1.807, 2.05) is 35.3 Å². The van der Waals surface area contributed by atoms with Gasteiger partial charge in [-0.2, -0.15) is 0 Å². The van der Waals surface area contributed by atoms with Gasteiger partial charge in [-0.25, -0.2) is 0 Å². The van der Waals surface area contributed by atoms with Gasteiger partial charge in [-0.05, 0) is 34.9 Å². The minimum atomic E-state index is 0.357. The van der Waals surface area contributed by atoms with Gasteiger partial charge in [-0.15, -0.1) is 35.3 Å². The summed E-state index contributed by atoms with van der Waals surface area (Å²) in [7, 11) is 0. The minimum Gasteiger partial charge on any atom is -0.123 e.